The minimum absolute atomic E-state index is 0.228. The van der Waals surface area contributed by atoms with Gasteiger partial charge >= 0.3 is 12.1 Å². The molecule has 0 saturated carbocycles. The fourth-order valence-electron chi connectivity index (χ4n) is 3.30. The number of rotatable bonds is 3. The molecule has 1 N–H and O–H groups in total. The molecular formula is C21H20F4N4O2S. The van der Waals surface area contributed by atoms with Crippen LogP contribution in [0.1, 0.15) is 22.0 Å². The van der Waals surface area contributed by atoms with Gasteiger partial charge in [-0.2, -0.15) is 13.2 Å². The molecule has 11 heteroatoms. The molecule has 0 spiro atoms. The van der Waals surface area contributed by atoms with Crippen molar-refractivity contribution in [2.45, 2.75) is 32.5 Å². The lowest BCUT2D eigenvalue weighted by Gasteiger charge is -2.18. The number of carbonyl (C=O) groups is 1. The zero-order chi connectivity index (χ0) is 23.3. The van der Waals surface area contributed by atoms with Gasteiger partial charge < -0.3 is 5.11 Å². The second-order valence-corrected chi connectivity index (χ2v) is 8.15. The van der Waals surface area contributed by atoms with E-state index >= 15 is 0 Å². The number of aryl methyl sites for hydroxylation is 1. The molecule has 6 nitrogen and oxygen atoms in total. The lowest BCUT2D eigenvalue weighted by molar-refractivity contribution is -0.192. The van der Waals surface area contributed by atoms with E-state index in [-0.39, 0.29) is 5.82 Å². The second kappa shape index (κ2) is 10.1. The molecule has 3 aromatic rings. The highest BCUT2D eigenvalue weighted by molar-refractivity contribution is 7.09. The van der Waals surface area contributed by atoms with E-state index in [0.717, 1.165) is 60.1 Å². The van der Waals surface area contributed by atoms with Crippen LogP contribution in [0.15, 0.2) is 36.0 Å². The van der Waals surface area contributed by atoms with Gasteiger partial charge in [0.15, 0.2) is 0 Å². The van der Waals surface area contributed by atoms with Crippen molar-refractivity contribution >= 4 is 17.3 Å². The maximum absolute atomic E-state index is 13.2. The Morgan fingerprint density at radius 1 is 1.16 bits per heavy atom. The number of aromatic nitrogens is 3. The van der Waals surface area contributed by atoms with Crippen LogP contribution in [-0.4, -0.2) is 50.2 Å². The Morgan fingerprint density at radius 2 is 1.81 bits per heavy atom. The second-order valence-electron chi connectivity index (χ2n) is 7.09. The molecule has 0 unspecified atom stereocenters. The van der Waals surface area contributed by atoms with Crippen molar-refractivity contribution in [3.63, 3.8) is 0 Å². The van der Waals surface area contributed by atoms with Gasteiger partial charge in [0.25, 0.3) is 0 Å². The molecule has 32 heavy (non-hydrogen) atoms. The molecule has 170 valence electrons. The Labute approximate surface area is 185 Å². The summed E-state index contributed by atoms with van der Waals surface area (Å²) in [6.07, 6.45) is -1.67. The first-order valence-corrected chi connectivity index (χ1v) is 10.5. The van der Waals surface area contributed by atoms with Gasteiger partial charge in [-0.05, 0) is 37.6 Å². The van der Waals surface area contributed by atoms with Crippen molar-refractivity contribution in [3.05, 3.63) is 63.7 Å². The Hall–Kier alpha value is -2.92. The smallest absolute Gasteiger partial charge is 0.475 e. The van der Waals surface area contributed by atoms with Gasteiger partial charge in [0.05, 0.1) is 16.4 Å². The average molecular weight is 468 g/mol. The molecule has 0 amide bonds. The van der Waals surface area contributed by atoms with Gasteiger partial charge in [0.1, 0.15) is 12.1 Å². The van der Waals surface area contributed by atoms with E-state index in [1.165, 1.54) is 17.7 Å². The lowest BCUT2D eigenvalue weighted by Crippen LogP contribution is -2.26. The quantitative estimate of drug-likeness (QED) is 0.578. The van der Waals surface area contributed by atoms with E-state index < -0.39 is 12.1 Å². The standard InChI is InChI=1S/C19H19FN4S.C2HF3O2/c1-13-23-16(11-25-13)10-24-8-6-17-18(7-9-24)21-12-22-19(17)14-2-4-15(20)5-3-14;3-2(4,5)1(6)7/h2-5,11-12H,6-10H2,1H3;(H,6,7). The van der Waals surface area contributed by atoms with Gasteiger partial charge in [-0.3, -0.25) is 4.90 Å². The molecule has 1 aliphatic heterocycles. The molecule has 0 atom stereocenters. The Kier molecular flexibility index (Phi) is 7.52. The van der Waals surface area contributed by atoms with E-state index in [4.69, 9.17) is 9.90 Å². The predicted octanol–water partition coefficient (Wildman–Crippen LogP) is 4.28. The van der Waals surface area contributed by atoms with E-state index in [9.17, 15) is 17.6 Å². The van der Waals surface area contributed by atoms with Crippen molar-refractivity contribution in [3.8, 4) is 11.3 Å². The monoisotopic (exact) mass is 468 g/mol. The van der Waals surface area contributed by atoms with Crippen LogP contribution in [0.2, 0.25) is 0 Å². The summed E-state index contributed by atoms with van der Waals surface area (Å²) in [6, 6.07) is 6.55. The number of benzene rings is 1. The van der Waals surface area contributed by atoms with Crippen LogP contribution in [-0.2, 0) is 24.2 Å². The van der Waals surface area contributed by atoms with Crippen molar-refractivity contribution in [1.82, 2.24) is 19.9 Å². The fraction of sp³-hybridized carbons (Fsp3) is 0.333. The molecule has 1 aromatic carbocycles. The molecule has 3 heterocycles. The molecule has 2 aromatic heterocycles. The summed E-state index contributed by atoms with van der Waals surface area (Å²) in [5.41, 5.74) is 5.30. The van der Waals surface area contributed by atoms with Gasteiger partial charge in [-0.1, -0.05) is 0 Å². The minimum atomic E-state index is -5.08. The van der Waals surface area contributed by atoms with Crippen LogP contribution in [0.3, 0.4) is 0 Å². The number of hydrogen-bond acceptors (Lipinski definition) is 6. The number of nitrogens with zero attached hydrogens (tertiary/aromatic N) is 4. The summed E-state index contributed by atoms with van der Waals surface area (Å²) < 4.78 is 45.0. The highest BCUT2D eigenvalue weighted by Gasteiger charge is 2.38. The first-order chi connectivity index (χ1) is 15.1. The third kappa shape index (κ3) is 6.30. The van der Waals surface area contributed by atoms with Crippen LogP contribution >= 0.6 is 11.3 Å². The molecule has 0 bridgehead atoms. The Bertz CT molecular complexity index is 1070. The highest BCUT2D eigenvalue weighted by Crippen LogP contribution is 2.26. The third-order valence-electron chi connectivity index (χ3n) is 4.79. The first kappa shape index (κ1) is 23.7. The zero-order valence-corrected chi connectivity index (χ0v) is 17.9. The van der Waals surface area contributed by atoms with E-state index in [1.807, 2.05) is 6.92 Å². The van der Waals surface area contributed by atoms with E-state index in [2.05, 4.69) is 25.2 Å². The molecule has 0 saturated heterocycles. The molecule has 0 aliphatic carbocycles. The number of carboxylic acid groups (broad SMARTS) is 1. The number of thiazole rings is 1. The van der Waals surface area contributed by atoms with E-state index in [0.29, 0.717) is 0 Å². The van der Waals surface area contributed by atoms with Crippen LogP contribution in [0.4, 0.5) is 17.6 Å². The van der Waals surface area contributed by atoms with Crippen molar-refractivity contribution in [1.29, 1.82) is 0 Å². The summed E-state index contributed by atoms with van der Waals surface area (Å²) in [4.78, 5) is 24.9. The first-order valence-electron chi connectivity index (χ1n) is 9.65. The molecule has 4 rings (SSSR count). The number of halogens is 4. The van der Waals surface area contributed by atoms with Gasteiger partial charge in [0.2, 0.25) is 0 Å². The maximum Gasteiger partial charge on any atom is 0.490 e. The van der Waals surface area contributed by atoms with Crippen molar-refractivity contribution < 1.29 is 27.5 Å². The molecule has 1 aliphatic rings. The topological polar surface area (TPSA) is 79.2 Å². The summed E-state index contributed by atoms with van der Waals surface area (Å²) in [5, 5.41) is 10.4. The zero-order valence-electron chi connectivity index (χ0n) is 17.1. The normalized spacial score (nSPS) is 14.2. The Balaban J connectivity index is 0.000000360. The van der Waals surface area contributed by atoms with Gasteiger partial charge in [-0.15, -0.1) is 11.3 Å². The summed E-state index contributed by atoms with van der Waals surface area (Å²) >= 11 is 1.70. The highest BCUT2D eigenvalue weighted by atomic mass is 32.1. The van der Waals surface area contributed by atoms with Crippen LogP contribution < -0.4 is 0 Å². The summed E-state index contributed by atoms with van der Waals surface area (Å²) in [7, 11) is 0. The summed E-state index contributed by atoms with van der Waals surface area (Å²) in [5.74, 6) is -2.99. The number of carboxylic acids is 1. The Morgan fingerprint density at radius 3 is 2.41 bits per heavy atom. The number of fused-ring (bicyclic) bond motifs is 1. The summed E-state index contributed by atoms with van der Waals surface area (Å²) in [6.45, 7) is 4.82. The molecular weight excluding hydrogens is 448 g/mol. The SMILES string of the molecule is Cc1nc(CN2CCc3ncnc(-c4ccc(F)cc4)c3CC2)cs1.O=C(O)C(F)(F)F. The van der Waals surface area contributed by atoms with Crippen molar-refractivity contribution in [2.24, 2.45) is 0 Å². The van der Waals surface area contributed by atoms with Crippen LogP contribution in [0.25, 0.3) is 11.3 Å². The van der Waals surface area contributed by atoms with E-state index in [1.54, 1.807) is 29.8 Å². The number of hydrogen-bond donors (Lipinski definition) is 1. The molecule has 0 fully saturated rings. The predicted molar refractivity (Wildman–Crippen MR) is 111 cm³/mol. The average Bonchev–Trinajstić information content (AvgIpc) is 3.03. The maximum atomic E-state index is 13.2. The third-order valence-corrected chi connectivity index (χ3v) is 5.61. The van der Waals surface area contributed by atoms with Crippen LogP contribution in [0, 0.1) is 12.7 Å². The largest absolute Gasteiger partial charge is 0.490 e. The van der Waals surface area contributed by atoms with Gasteiger partial charge in [0, 0.05) is 48.3 Å². The minimum Gasteiger partial charge on any atom is -0.475 e. The van der Waals surface area contributed by atoms with Crippen LogP contribution in [0.5, 0.6) is 0 Å². The number of alkyl halides is 3. The fourth-order valence-corrected chi connectivity index (χ4v) is 3.90. The van der Waals surface area contributed by atoms with Gasteiger partial charge in [-0.25, -0.2) is 24.1 Å². The number of aliphatic carboxylic acids is 1. The van der Waals surface area contributed by atoms with Crippen molar-refractivity contribution in [2.75, 3.05) is 13.1 Å². The molecule has 0 radical (unpaired) electrons. The lowest BCUT2D eigenvalue weighted by atomic mass is 10.0.